The third kappa shape index (κ3) is 3.91. The molecular weight excluding hydrogens is 370 g/mol. The second-order valence-electron chi connectivity index (χ2n) is 6.96. The molecular formula is C21H23N5O3. The van der Waals surface area contributed by atoms with Gasteiger partial charge in [-0.15, -0.1) is 0 Å². The Morgan fingerprint density at radius 1 is 1.34 bits per heavy atom. The highest BCUT2D eigenvalue weighted by Gasteiger charge is 2.28. The molecule has 2 aromatic heterocycles. The number of nitrogens with one attached hydrogen (secondary N) is 1. The van der Waals surface area contributed by atoms with Crippen molar-refractivity contribution in [2.24, 2.45) is 0 Å². The average Bonchev–Trinajstić information content (AvgIpc) is 3.39. The normalized spacial score (nSPS) is 17.1. The van der Waals surface area contributed by atoms with Gasteiger partial charge in [0.25, 0.3) is 0 Å². The Morgan fingerprint density at radius 3 is 3.03 bits per heavy atom. The van der Waals surface area contributed by atoms with Gasteiger partial charge in [0.2, 0.25) is 0 Å². The maximum atomic E-state index is 11.4. The van der Waals surface area contributed by atoms with Gasteiger partial charge in [-0.3, -0.25) is 0 Å². The van der Waals surface area contributed by atoms with Gasteiger partial charge >= 0.3 is 5.97 Å². The molecule has 0 aliphatic carbocycles. The number of rotatable bonds is 7. The summed E-state index contributed by atoms with van der Waals surface area (Å²) in [5.74, 6) is 0.614. The predicted molar refractivity (Wildman–Crippen MR) is 110 cm³/mol. The molecule has 3 aromatic rings. The minimum Gasteiger partial charge on any atom is -0.491 e. The second kappa shape index (κ2) is 8.30. The molecule has 0 saturated carbocycles. The molecule has 3 heterocycles. The molecule has 0 spiro atoms. The molecule has 1 saturated heterocycles. The fourth-order valence-electron chi connectivity index (χ4n) is 3.68. The lowest BCUT2D eigenvalue weighted by Crippen LogP contribution is -2.35. The van der Waals surface area contributed by atoms with Crippen LogP contribution in [0.2, 0.25) is 0 Å². The fraction of sp³-hybridized carbons (Fsp3) is 0.333. The Kier molecular flexibility index (Phi) is 5.41. The molecule has 8 nitrogen and oxygen atoms in total. The summed E-state index contributed by atoms with van der Waals surface area (Å²) in [6.45, 7) is 3.20. The number of carbonyl (C=O) groups is 1. The molecule has 1 atom stereocenters. The van der Waals surface area contributed by atoms with Crippen molar-refractivity contribution in [2.45, 2.75) is 32.2 Å². The van der Waals surface area contributed by atoms with Crippen LogP contribution in [-0.2, 0) is 4.79 Å². The van der Waals surface area contributed by atoms with Crippen molar-refractivity contribution < 1.29 is 14.6 Å². The number of aliphatic carboxylic acids is 1. The highest BCUT2D eigenvalue weighted by atomic mass is 16.5. The monoisotopic (exact) mass is 393 g/mol. The summed E-state index contributed by atoms with van der Waals surface area (Å²) in [5.41, 5.74) is 2.61. The third-order valence-corrected chi connectivity index (χ3v) is 5.19. The molecule has 0 bridgehead atoms. The Bertz CT molecular complexity index is 1050. The maximum absolute atomic E-state index is 11.4. The topological polar surface area (TPSA) is 104 Å². The number of fused-ring (bicyclic) bond motifs is 1. The fourth-order valence-corrected chi connectivity index (χ4v) is 3.68. The van der Waals surface area contributed by atoms with Crippen LogP contribution in [0.5, 0.6) is 5.75 Å². The lowest BCUT2D eigenvalue weighted by Gasteiger charge is -2.26. The zero-order valence-electron chi connectivity index (χ0n) is 16.2. The van der Waals surface area contributed by atoms with Crippen molar-refractivity contribution in [2.75, 3.05) is 18.1 Å². The SMILES string of the molecule is CC/C(=C\c1ccccc1OC[C@H]1CCCN1c1ncnc2nc[nH]c12)C(=O)O. The van der Waals surface area contributed by atoms with Crippen LogP contribution in [0.4, 0.5) is 5.82 Å². The Balaban J connectivity index is 1.54. The first-order chi connectivity index (χ1) is 14.2. The van der Waals surface area contributed by atoms with E-state index in [-0.39, 0.29) is 6.04 Å². The van der Waals surface area contributed by atoms with Crippen LogP contribution in [0.1, 0.15) is 31.7 Å². The molecule has 0 amide bonds. The number of aromatic amines is 1. The summed E-state index contributed by atoms with van der Waals surface area (Å²) in [6, 6.07) is 7.69. The van der Waals surface area contributed by atoms with Crippen molar-refractivity contribution in [1.29, 1.82) is 0 Å². The summed E-state index contributed by atoms with van der Waals surface area (Å²) in [6.07, 6.45) is 7.34. The standard InChI is InChI=1S/C21H23N5O3/c1-2-14(21(27)28)10-15-6-3-4-8-17(15)29-11-16-7-5-9-26(16)20-18-19(23-12-22-18)24-13-25-20/h3-4,6,8,10,12-13,16H,2,5,7,9,11H2,1H3,(H,27,28)(H,22,23,24,25)/b14-10+/t16-/m1/s1. The number of carboxylic acid groups (broad SMARTS) is 1. The Labute approximate surface area is 168 Å². The third-order valence-electron chi connectivity index (χ3n) is 5.19. The van der Waals surface area contributed by atoms with Crippen LogP contribution >= 0.6 is 0 Å². The van der Waals surface area contributed by atoms with Crippen LogP contribution in [-0.4, -0.2) is 50.2 Å². The molecule has 1 aromatic carbocycles. The molecule has 0 unspecified atom stereocenters. The van der Waals surface area contributed by atoms with Gasteiger partial charge < -0.3 is 19.7 Å². The van der Waals surface area contributed by atoms with Crippen molar-refractivity contribution in [3.05, 3.63) is 48.1 Å². The summed E-state index contributed by atoms with van der Waals surface area (Å²) in [4.78, 5) is 29.6. The number of carboxylic acids is 1. The molecule has 1 fully saturated rings. The lowest BCUT2D eigenvalue weighted by atomic mass is 10.1. The number of anilines is 1. The number of nitrogens with zero attached hydrogens (tertiary/aromatic N) is 4. The van der Waals surface area contributed by atoms with Crippen molar-refractivity contribution in [3.63, 3.8) is 0 Å². The minimum absolute atomic E-state index is 0.165. The van der Waals surface area contributed by atoms with Crippen LogP contribution in [0.25, 0.3) is 17.2 Å². The van der Waals surface area contributed by atoms with Crippen molar-refractivity contribution >= 4 is 29.0 Å². The number of benzene rings is 1. The van der Waals surface area contributed by atoms with Gasteiger partial charge in [-0.05, 0) is 31.4 Å². The highest BCUT2D eigenvalue weighted by molar-refractivity contribution is 5.92. The van der Waals surface area contributed by atoms with Gasteiger partial charge in [-0.25, -0.2) is 19.7 Å². The van der Waals surface area contributed by atoms with Crippen LogP contribution in [0, 0.1) is 0 Å². The summed E-state index contributed by atoms with van der Waals surface area (Å²) in [7, 11) is 0. The second-order valence-corrected chi connectivity index (χ2v) is 6.96. The highest BCUT2D eigenvalue weighted by Crippen LogP contribution is 2.29. The van der Waals surface area contributed by atoms with Crippen LogP contribution < -0.4 is 9.64 Å². The van der Waals surface area contributed by atoms with E-state index in [1.165, 1.54) is 6.33 Å². The van der Waals surface area contributed by atoms with E-state index < -0.39 is 5.97 Å². The van der Waals surface area contributed by atoms with Gasteiger partial charge in [-0.2, -0.15) is 0 Å². The largest absolute Gasteiger partial charge is 0.491 e. The first-order valence-electron chi connectivity index (χ1n) is 9.73. The molecule has 29 heavy (non-hydrogen) atoms. The van der Waals surface area contributed by atoms with Crippen LogP contribution in [0.3, 0.4) is 0 Å². The van der Waals surface area contributed by atoms with E-state index in [1.807, 2.05) is 31.2 Å². The van der Waals surface area contributed by atoms with Gasteiger partial charge in [0, 0.05) is 17.7 Å². The molecule has 4 rings (SSSR count). The first-order valence-corrected chi connectivity index (χ1v) is 9.73. The number of ether oxygens (including phenoxy) is 1. The van der Waals surface area contributed by atoms with Gasteiger partial charge in [0.1, 0.15) is 24.2 Å². The van der Waals surface area contributed by atoms with E-state index in [9.17, 15) is 9.90 Å². The van der Waals surface area contributed by atoms with Gasteiger partial charge in [0.15, 0.2) is 11.5 Å². The van der Waals surface area contributed by atoms with Crippen molar-refractivity contribution in [3.8, 4) is 5.75 Å². The van der Waals surface area contributed by atoms with Gasteiger partial charge in [0.05, 0.1) is 12.4 Å². The van der Waals surface area contributed by atoms with E-state index in [2.05, 4.69) is 24.8 Å². The quantitative estimate of drug-likeness (QED) is 0.594. The van der Waals surface area contributed by atoms with Crippen LogP contribution in [0.15, 0.2) is 42.5 Å². The summed E-state index contributed by atoms with van der Waals surface area (Å²) < 4.78 is 6.14. The van der Waals surface area contributed by atoms with E-state index in [1.54, 1.807) is 12.4 Å². The van der Waals surface area contributed by atoms with E-state index in [4.69, 9.17) is 4.74 Å². The summed E-state index contributed by atoms with van der Waals surface area (Å²) >= 11 is 0. The molecule has 1 aliphatic rings. The Hall–Kier alpha value is -3.42. The number of H-pyrrole nitrogens is 1. The number of aromatic nitrogens is 4. The summed E-state index contributed by atoms with van der Waals surface area (Å²) in [5, 5.41) is 9.32. The zero-order valence-corrected chi connectivity index (χ0v) is 16.2. The number of hydrogen-bond acceptors (Lipinski definition) is 6. The molecule has 1 aliphatic heterocycles. The zero-order chi connectivity index (χ0) is 20.2. The van der Waals surface area contributed by atoms with Crippen molar-refractivity contribution in [1.82, 2.24) is 19.9 Å². The average molecular weight is 393 g/mol. The minimum atomic E-state index is -0.906. The molecule has 8 heteroatoms. The first kappa shape index (κ1) is 18.9. The lowest BCUT2D eigenvalue weighted by molar-refractivity contribution is -0.132. The number of para-hydroxylation sites is 1. The number of imidazole rings is 1. The van der Waals surface area contributed by atoms with E-state index >= 15 is 0 Å². The van der Waals surface area contributed by atoms with E-state index in [0.717, 1.165) is 36.3 Å². The maximum Gasteiger partial charge on any atom is 0.331 e. The number of hydrogen-bond donors (Lipinski definition) is 2. The smallest absolute Gasteiger partial charge is 0.331 e. The van der Waals surface area contributed by atoms with E-state index in [0.29, 0.717) is 30.0 Å². The molecule has 0 radical (unpaired) electrons. The predicted octanol–water partition coefficient (Wildman–Crippen LogP) is 3.28. The molecule has 150 valence electrons. The molecule has 2 N–H and O–H groups in total. The Morgan fingerprint density at radius 2 is 2.21 bits per heavy atom. The van der Waals surface area contributed by atoms with Gasteiger partial charge in [-0.1, -0.05) is 25.1 Å².